The first-order valence-electron chi connectivity index (χ1n) is 4.78. The number of hydrogen-bond acceptors (Lipinski definition) is 2. The van der Waals surface area contributed by atoms with E-state index in [2.05, 4.69) is 5.10 Å². The van der Waals surface area contributed by atoms with Gasteiger partial charge in [0.2, 0.25) is 0 Å². The number of rotatable bonds is 2. The normalized spacial score (nSPS) is 11.5. The molecule has 0 aliphatic carbocycles. The van der Waals surface area contributed by atoms with Crippen LogP contribution in [0.4, 0.5) is 13.2 Å². The molecule has 1 aromatic carbocycles. The number of halogens is 3. The molecule has 0 spiro atoms. The number of nitrogens with one attached hydrogen (secondary N) is 1. The number of methoxy groups -OCH3 is 1. The van der Waals surface area contributed by atoms with Crippen molar-refractivity contribution in [2.75, 3.05) is 7.11 Å². The van der Waals surface area contributed by atoms with E-state index in [1.807, 2.05) is 5.10 Å². The zero-order chi connectivity index (χ0) is 12.5. The molecule has 17 heavy (non-hydrogen) atoms. The lowest BCUT2D eigenvalue weighted by Crippen LogP contribution is -2.07. The summed E-state index contributed by atoms with van der Waals surface area (Å²) >= 11 is 0. The van der Waals surface area contributed by atoms with Crippen LogP contribution >= 0.6 is 0 Å². The largest absolute Gasteiger partial charge is 0.496 e. The zero-order valence-electron chi connectivity index (χ0n) is 8.88. The molecule has 1 aromatic heterocycles. The summed E-state index contributed by atoms with van der Waals surface area (Å²) in [5, 5.41) is 5.40. The summed E-state index contributed by atoms with van der Waals surface area (Å²) in [6, 6.07) is 6.49. The molecule has 1 N–H and O–H groups in total. The zero-order valence-corrected chi connectivity index (χ0v) is 8.88. The summed E-state index contributed by atoms with van der Waals surface area (Å²) in [5.74, 6) is 0.374. The molecular formula is C11H9F3N2O. The monoisotopic (exact) mass is 242 g/mol. The van der Waals surface area contributed by atoms with Gasteiger partial charge in [-0.1, -0.05) is 18.2 Å². The Morgan fingerprint density at radius 3 is 2.53 bits per heavy atom. The van der Waals surface area contributed by atoms with Crippen LogP contribution in [0.1, 0.15) is 5.69 Å². The van der Waals surface area contributed by atoms with Gasteiger partial charge in [0.1, 0.15) is 11.4 Å². The number of benzene rings is 1. The van der Waals surface area contributed by atoms with E-state index in [0.29, 0.717) is 11.3 Å². The maximum absolute atomic E-state index is 12.7. The molecule has 0 radical (unpaired) electrons. The third-order valence-electron chi connectivity index (χ3n) is 2.32. The first kappa shape index (κ1) is 11.5. The number of H-pyrrole nitrogens is 1. The smallest absolute Gasteiger partial charge is 0.433 e. The first-order chi connectivity index (χ1) is 8.04. The SMILES string of the molecule is COc1ccccc1-c1cn[nH]c1C(F)(F)F. The van der Waals surface area contributed by atoms with Crippen molar-refractivity contribution in [3.63, 3.8) is 0 Å². The van der Waals surface area contributed by atoms with E-state index < -0.39 is 11.9 Å². The summed E-state index contributed by atoms with van der Waals surface area (Å²) in [5.41, 5.74) is -0.534. The highest BCUT2D eigenvalue weighted by atomic mass is 19.4. The Bertz CT molecular complexity index is 519. The molecule has 0 atom stereocenters. The second kappa shape index (κ2) is 4.12. The second-order valence-electron chi connectivity index (χ2n) is 3.36. The Hall–Kier alpha value is -1.98. The van der Waals surface area contributed by atoms with Crippen molar-refractivity contribution in [3.8, 4) is 16.9 Å². The Balaban J connectivity index is 2.58. The van der Waals surface area contributed by atoms with Crippen LogP contribution in [0.25, 0.3) is 11.1 Å². The van der Waals surface area contributed by atoms with Gasteiger partial charge in [-0.2, -0.15) is 18.3 Å². The van der Waals surface area contributed by atoms with Crippen LogP contribution < -0.4 is 4.74 Å². The van der Waals surface area contributed by atoms with Gasteiger partial charge in [-0.3, -0.25) is 5.10 Å². The van der Waals surface area contributed by atoms with E-state index >= 15 is 0 Å². The summed E-state index contributed by atoms with van der Waals surface area (Å²) in [4.78, 5) is 0. The lowest BCUT2D eigenvalue weighted by Gasteiger charge is -2.10. The number of aromatic amines is 1. The molecule has 0 aliphatic heterocycles. The fraction of sp³-hybridized carbons (Fsp3) is 0.182. The third kappa shape index (κ3) is 2.11. The first-order valence-corrected chi connectivity index (χ1v) is 4.78. The molecule has 0 aliphatic rings. The molecule has 2 aromatic rings. The number of aromatic nitrogens is 2. The van der Waals surface area contributed by atoms with E-state index in [9.17, 15) is 13.2 Å². The van der Waals surface area contributed by atoms with E-state index in [-0.39, 0.29) is 5.56 Å². The summed E-state index contributed by atoms with van der Waals surface area (Å²) in [6.45, 7) is 0. The van der Waals surface area contributed by atoms with Crippen molar-refractivity contribution in [3.05, 3.63) is 36.2 Å². The second-order valence-corrected chi connectivity index (χ2v) is 3.36. The molecular weight excluding hydrogens is 233 g/mol. The van der Waals surface area contributed by atoms with Crippen molar-refractivity contribution in [2.45, 2.75) is 6.18 Å². The molecule has 0 saturated carbocycles. The van der Waals surface area contributed by atoms with E-state index in [1.165, 1.54) is 7.11 Å². The highest BCUT2D eigenvalue weighted by Crippen LogP contribution is 2.38. The predicted octanol–water partition coefficient (Wildman–Crippen LogP) is 3.10. The number of alkyl halides is 3. The average Bonchev–Trinajstić information content (AvgIpc) is 2.77. The highest BCUT2D eigenvalue weighted by molar-refractivity contribution is 5.72. The molecule has 0 fully saturated rings. The van der Waals surface area contributed by atoms with Crippen molar-refractivity contribution in [2.24, 2.45) is 0 Å². The van der Waals surface area contributed by atoms with Gasteiger partial charge < -0.3 is 4.74 Å². The van der Waals surface area contributed by atoms with Crippen LogP contribution in [0.15, 0.2) is 30.5 Å². The fourth-order valence-corrected chi connectivity index (χ4v) is 1.57. The number of para-hydroxylation sites is 1. The van der Waals surface area contributed by atoms with E-state index in [4.69, 9.17) is 4.74 Å². The Morgan fingerprint density at radius 1 is 1.18 bits per heavy atom. The predicted molar refractivity (Wildman–Crippen MR) is 55.6 cm³/mol. The molecule has 6 heteroatoms. The quantitative estimate of drug-likeness (QED) is 0.878. The maximum atomic E-state index is 12.7. The number of ether oxygens (including phenoxy) is 1. The standard InChI is InChI=1S/C11H9F3N2O/c1-17-9-5-3-2-4-7(9)8-6-15-16-10(8)11(12,13)14/h2-6H,1H3,(H,15,16). The molecule has 0 amide bonds. The minimum atomic E-state index is -4.47. The van der Waals surface area contributed by atoms with Crippen molar-refractivity contribution < 1.29 is 17.9 Å². The van der Waals surface area contributed by atoms with Crippen LogP contribution in [0.2, 0.25) is 0 Å². The van der Waals surface area contributed by atoms with Crippen LogP contribution in [0.5, 0.6) is 5.75 Å². The van der Waals surface area contributed by atoms with Gasteiger partial charge in [-0.05, 0) is 6.07 Å². The molecule has 0 bridgehead atoms. The van der Waals surface area contributed by atoms with Gasteiger partial charge in [0.15, 0.2) is 0 Å². The molecule has 0 unspecified atom stereocenters. The molecule has 3 nitrogen and oxygen atoms in total. The Labute approximate surface area is 95.2 Å². The molecule has 1 heterocycles. The van der Waals surface area contributed by atoms with Crippen LogP contribution in [-0.2, 0) is 6.18 Å². The molecule has 2 rings (SSSR count). The number of hydrogen-bond donors (Lipinski definition) is 1. The lowest BCUT2D eigenvalue weighted by molar-refractivity contribution is -0.140. The summed E-state index contributed by atoms with van der Waals surface area (Å²) < 4.78 is 43.1. The number of nitrogens with zero attached hydrogens (tertiary/aromatic N) is 1. The maximum Gasteiger partial charge on any atom is 0.433 e. The van der Waals surface area contributed by atoms with Crippen molar-refractivity contribution in [1.82, 2.24) is 10.2 Å². The van der Waals surface area contributed by atoms with Crippen LogP contribution in [-0.4, -0.2) is 17.3 Å². The fourth-order valence-electron chi connectivity index (χ4n) is 1.57. The van der Waals surface area contributed by atoms with Crippen molar-refractivity contribution >= 4 is 0 Å². The van der Waals surface area contributed by atoms with Gasteiger partial charge in [0.25, 0.3) is 0 Å². The van der Waals surface area contributed by atoms with Gasteiger partial charge in [0, 0.05) is 11.1 Å². The minimum absolute atomic E-state index is 0.0186. The van der Waals surface area contributed by atoms with E-state index in [1.54, 1.807) is 24.3 Å². The Kier molecular flexibility index (Phi) is 2.79. The van der Waals surface area contributed by atoms with Crippen LogP contribution in [0, 0.1) is 0 Å². The van der Waals surface area contributed by atoms with E-state index in [0.717, 1.165) is 6.20 Å². The third-order valence-corrected chi connectivity index (χ3v) is 2.32. The van der Waals surface area contributed by atoms with Crippen molar-refractivity contribution in [1.29, 1.82) is 0 Å². The minimum Gasteiger partial charge on any atom is -0.496 e. The summed E-state index contributed by atoms with van der Waals surface area (Å²) in [6.07, 6.45) is -3.33. The molecule has 0 saturated heterocycles. The summed E-state index contributed by atoms with van der Waals surface area (Å²) in [7, 11) is 1.41. The van der Waals surface area contributed by atoms with Gasteiger partial charge >= 0.3 is 6.18 Å². The van der Waals surface area contributed by atoms with Gasteiger partial charge in [0.05, 0.1) is 13.3 Å². The van der Waals surface area contributed by atoms with Gasteiger partial charge in [-0.25, -0.2) is 0 Å². The van der Waals surface area contributed by atoms with Gasteiger partial charge in [-0.15, -0.1) is 0 Å². The highest BCUT2D eigenvalue weighted by Gasteiger charge is 2.36. The topological polar surface area (TPSA) is 37.9 Å². The lowest BCUT2D eigenvalue weighted by atomic mass is 10.1. The Morgan fingerprint density at radius 2 is 1.88 bits per heavy atom. The average molecular weight is 242 g/mol. The molecule has 90 valence electrons. The van der Waals surface area contributed by atoms with Crippen LogP contribution in [0.3, 0.4) is 0 Å².